The first-order valence-corrected chi connectivity index (χ1v) is 7.38. The lowest BCUT2D eigenvalue weighted by molar-refractivity contribution is -0.0658. The molecular weight excluding hydrogens is 266 g/mol. The fourth-order valence-corrected chi connectivity index (χ4v) is 3.13. The SMILES string of the molecule is COC1(c2noc(-c3ccc(N)cc3)n2)CCCC(C)C1. The molecule has 1 heterocycles. The number of nitrogens with zero attached hydrogens (tertiary/aromatic N) is 2. The van der Waals surface area contributed by atoms with Crippen LogP contribution in [0, 0.1) is 5.92 Å². The van der Waals surface area contributed by atoms with Gasteiger partial charge in [0.25, 0.3) is 5.89 Å². The topological polar surface area (TPSA) is 74.2 Å². The van der Waals surface area contributed by atoms with Crippen LogP contribution < -0.4 is 5.73 Å². The van der Waals surface area contributed by atoms with E-state index in [1.807, 2.05) is 24.3 Å². The van der Waals surface area contributed by atoms with E-state index in [-0.39, 0.29) is 0 Å². The Bertz CT molecular complexity index is 608. The minimum atomic E-state index is -0.409. The zero-order valence-corrected chi connectivity index (χ0v) is 12.5. The molecule has 2 atom stereocenters. The van der Waals surface area contributed by atoms with Gasteiger partial charge in [0.05, 0.1) is 0 Å². The number of hydrogen-bond acceptors (Lipinski definition) is 5. The van der Waals surface area contributed by atoms with Crippen LogP contribution in [0.5, 0.6) is 0 Å². The number of nitrogen functional groups attached to an aromatic ring is 1. The second-order valence-electron chi connectivity index (χ2n) is 5.95. The van der Waals surface area contributed by atoms with Gasteiger partial charge >= 0.3 is 0 Å². The molecule has 0 radical (unpaired) electrons. The van der Waals surface area contributed by atoms with Crippen LogP contribution in [0.1, 0.15) is 38.4 Å². The molecule has 2 unspecified atom stereocenters. The van der Waals surface area contributed by atoms with Crippen molar-refractivity contribution in [1.29, 1.82) is 0 Å². The molecule has 1 fully saturated rings. The molecule has 1 aliphatic carbocycles. The second-order valence-corrected chi connectivity index (χ2v) is 5.95. The Kier molecular flexibility index (Phi) is 3.68. The number of benzene rings is 1. The van der Waals surface area contributed by atoms with E-state index in [9.17, 15) is 0 Å². The van der Waals surface area contributed by atoms with Crippen molar-refractivity contribution in [2.75, 3.05) is 12.8 Å². The largest absolute Gasteiger partial charge is 0.399 e. The molecule has 1 aliphatic rings. The van der Waals surface area contributed by atoms with Crippen molar-refractivity contribution in [3.63, 3.8) is 0 Å². The van der Waals surface area contributed by atoms with E-state index in [1.165, 1.54) is 6.42 Å². The lowest BCUT2D eigenvalue weighted by atomic mass is 9.78. The molecule has 2 N–H and O–H groups in total. The molecular formula is C16H21N3O2. The first kappa shape index (κ1) is 14.1. The van der Waals surface area contributed by atoms with Gasteiger partial charge in [-0.05, 0) is 49.4 Å². The Labute approximate surface area is 124 Å². The normalized spacial score (nSPS) is 25.9. The summed E-state index contributed by atoms with van der Waals surface area (Å²) < 4.78 is 11.2. The summed E-state index contributed by atoms with van der Waals surface area (Å²) in [5.74, 6) is 1.78. The second kappa shape index (κ2) is 5.48. The number of hydrogen-bond donors (Lipinski definition) is 1. The highest BCUT2D eigenvalue weighted by atomic mass is 16.5. The van der Waals surface area contributed by atoms with Crippen LogP contribution >= 0.6 is 0 Å². The Morgan fingerprint density at radius 3 is 2.76 bits per heavy atom. The van der Waals surface area contributed by atoms with Gasteiger partial charge in [-0.1, -0.05) is 18.5 Å². The van der Waals surface area contributed by atoms with Crippen molar-refractivity contribution < 1.29 is 9.26 Å². The van der Waals surface area contributed by atoms with Crippen molar-refractivity contribution in [3.05, 3.63) is 30.1 Å². The third-order valence-electron chi connectivity index (χ3n) is 4.34. The van der Waals surface area contributed by atoms with Crippen molar-refractivity contribution in [2.45, 2.75) is 38.2 Å². The summed E-state index contributed by atoms with van der Waals surface area (Å²) >= 11 is 0. The maximum Gasteiger partial charge on any atom is 0.258 e. The van der Waals surface area contributed by atoms with Gasteiger partial charge in [-0.25, -0.2) is 0 Å². The van der Waals surface area contributed by atoms with Crippen LogP contribution in [-0.2, 0) is 10.3 Å². The zero-order chi connectivity index (χ0) is 14.9. The predicted molar refractivity (Wildman–Crippen MR) is 80.5 cm³/mol. The van der Waals surface area contributed by atoms with E-state index in [1.54, 1.807) is 7.11 Å². The molecule has 21 heavy (non-hydrogen) atoms. The molecule has 2 aromatic rings. The maximum absolute atomic E-state index is 5.80. The molecule has 5 nitrogen and oxygen atoms in total. The number of anilines is 1. The maximum atomic E-state index is 5.80. The lowest BCUT2D eigenvalue weighted by Crippen LogP contribution is -2.35. The third-order valence-corrected chi connectivity index (χ3v) is 4.34. The van der Waals surface area contributed by atoms with Gasteiger partial charge in [0.1, 0.15) is 5.60 Å². The van der Waals surface area contributed by atoms with Gasteiger partial charge in [-0.2, -0.15) is 4.98 Å². The number of nitrogens with two attached hydrogens (primary N) is 1. The Morgan fingerprint density at radius 2 is 2.10 bits per heavy atom. The van der Waals surface area contributed by atoms with Gasteiger partial charge in [0.2, 0.25) is 5.82 Å². The van der Waals surface area contributed by atoms with Crippen molar-refractivity contribution in [2.24, 2.45) is 5.92 Å². The molecule has 112 valence electrons. The molecule has 0 saturated heterocycles. The van der Waals surface area contributed by atoms with Crippen LogP contribution in [-0.4, -0.2) is 17.3 Å². The van der Waals surface area contributed by atoms with E-state index in [2.05, 4.69) is 17.1 Å². The van der Waals surface area contributed by atoms with Crippen LogP contribution in [0.4, 0.5) is 5.69 Å². The highest BCUT2D eigenvalue weighted by Crippen LogP contribution is 2.41. The molecule has 0 spiro atoms. The van der Waals surface area contributed by atoms with Crippen molar-refractivity contribution in [1.82, 2.24) is 10.1 Å². The number of rotatable bonds is 3. The molecule has 1 aromatic carbocycles. The molecule has 1 saturated carbocycles. The zero-order valence-electron chi connectivity index (χ0n) is 12.5. The quantitative estimate of drug-likeness (QED) is 0.876. The smallest absolute Gasteiger partial charge is 0.258 e. The van der Waals surface area contributed by atoms with Crippen molar-refractivity contribution in [3.8, 4) is 11.5 Å². The number of aromatic nitrogens is 2. The number of ether oxygens (including phenoxy) is 1. The summed E-state index contributed by atoms with van der Waals surface area (Å²) in [6.45, 7) is 2.24. The van der Waals surface area contributed by atoms with Crippen LogP contribution in [0.15, 0.2) is 28.8 Å². The summed E-state index contributed by atoms with van der Waals surface area (Å²) in [5.41, 5.74) is 6.88. The summed E-state index contributed by atoms with van der Waals surface area (Å²) in [4.78, 5) is 4.57. The van der Waals surface area contributed by atoms with Gasteiger partial charge in [-0.3, -0.25) is 0 Å². The van der Waals surface area contributed by atoms with Crippen LogP contribution in [0.2, 0.25) is 0 Å². The average molecular weight is 287 g/mol. The van der Waals surface area contributed by atoms with E-state index in [4.69, 9.17) is 15.0 Å². The monoisotopic (exact) mass is 287 g/mol. The predicted octanol–water partition coefficient (Wildman–Crippen LogP) is 3.37. The van der Waals surface area contributed by atoms with Gasteiger partial charge in [0, 0.05) is 18.4 Å². The van der Waals surface area contributed by atoms with Crippen LogP contribution in [0.25, 0.3) is 11.5 Å². The van der Waals surface area contributed by atoms with Crippen LogP contribution in [0.3, 0.4) is 0 Å². The molecule has 5 heteroatoms. The third kappa shape index (κ3) is 2.65. The summed E-state index contributed by atoms with van der Waals surface area (Å²) in [6, 6.07) is 7.42. The van der Waals surface area contributed by atoms with Gasteiger partial charge in [0.15, 0.2) is 0 Å². The van der Waals surface area contributed by atoms with E-state index >= 15 is 0 Å². The lowest BCUT2D eigenvalue weighted by Gasteiger charge is -2.36. The minimum Gasteiger partial charge on any atom is -0.399 e. The van der Waals surface area contributed by atoms with Gasteiger partial charge < -0.3 is 15.0 Å². The molecule has 0 aliphatic heterocycles. The van der Waals surface area contributed by atoms with E-state index < -0.39 is 5.60 Å². The Hall–Kier alpha value is -1.88. The molecule has 0 bridgehead atoms. The minimum absolute atomic E-state index is 0.409. The highest BCUT2D eigenvalue weighted by molar-refractivity contribution is 5.57. The summed E-state index contributed by atoms with van der Waals surface area (Å²) in [5, 5.41) is 4.17. The molecule has 0 amide bonds. The Balaban J connectivity index is 1.91. The van der Waals surface area contributed by atoms with E-state index in [0.717, 1.165) is 24.8 Å². The van der Waals surface area contributed by atoms with E-state index in [0.29, 0.717) is 23.3 Å². The standard InChI is InChI=1S/C16H21N3O2/c1-11-4-3-9-16(10-11,20-2)15-18-14(21-19-15)12-5-7-13(17)8-6-12/h5-8,11H,3-4,9-10,17H2,1-2H3. The first-order chi connectivity index (χ1) is 10.1. The van der Waals surface area contributed by atoms with Gasteiger partial charge in [-0.15, -0.1) is 0 Å². The summed E-state index contributed by atoms with van der Waals surface area (Å²) in [7, 11) is 1.73. The highest BCUT2D eigenvalue weighted by Gasteiger charge is 2.41. The Morgan fingerprint density at radius 1 is 1.33 bits per heavy atom. The summed E-state index contributed by atoms with van der Waals surface area (Å²) in [6.07, 6.45) is 4.23. The van der Waals surface area contributed by atoms with Crippen molar-refractivity contribution >= 4 is 5.69 Å². The average Bonchev–Trinajstić information content (AvgIpc) is 2.98. The first-order valence-electron chi connectivity index (χ1n) is 7.38. The fourth-order valence-electron chi connectivity index (χ4n) is 3.13. The molecule has 3 rings (SSSR count). The fraction of sp³-hybridized carbons (Fsp3) is 0.500. The number of methoxy groups -OCH3 is 1. The molecule has 1 aromatic heterocycles.